The predicted molar refractivity (Wildman–Crippen MR) is 107 cm³/mol. The molecule has 0 saturated heterocycles. The van der Waals surface area contributed by atoms with E-state index in [9.17, 15) is 9.59 Å². The Hall–Kier alpha value is -3.80. The van der Waals surface area contributed by atoms with Crippen molar-refractivity contribution in [1.82, 2.24) is 14.5 Å². The zero-order chi connectivity index (χ0) is 19.1. The number of carbonyl (C=O) groups excluding carboxylic acids is 1. The first-order chi connectivity index (χ1) is 13.7. The Balaban J connectivity index is 1.42. The highest BCUT2D eigenvalue weighted by Gasteiger charge is 2.17. The first-order valence-corrected chi connectivity index (χ1v) is 8.99. The van der Waals surface area contributed by atoms with Crippen LogP contribution in [0.1, 0.15) is 11.1 Å². The van der Waals surface area contributed by atoms with Gasteiger partial charge in [-0.2, -0.15) is 0 Å². The highest BCUT2D eigenvalue weighted by atomic mass is 16.1. The minimum absolute atomic E-state index is 0.0349. The van der Waals surface area contributed by atoms with E-state index in [0.717, 1.165) is 27.9 Å². The van der Waals surface area contributed by atoms with Gasteiger partial charge in [0.05, 0.1) is 36.4 Å². The van der Waals surface area contributed by atoms with Gasteiger partial charge in [-0.15, -0.1) is 0 Å². The van der Waals surface area contributed by atoms with Crippen LogP contribution in [-0.2, 0) is 17.8 Å². The number of rotatable bonds is 3. The molecule has 0 spiro atoms. The summed E-state index contributed by atoms with van der Waals surface area (Å²) in [7, 11) is 0. The number of benzene rings is 2. The van der Waals surface area contributed by atoms with Crippen molar-refractivity contribution >= 4 is 22.5 Å². The molecule has 136 valence electrons. The van der Waals surface area contributed by atoms with Gasteiger partial charge in [0.2, 0.25) is 5.91 Å². The Morgan fingerprint density at radius 3 is 2.68 bits per heavy atom. The molecule has 0 fully saturated rings. The number of fused-ring (bicyclic) bond motifs is 2. The van der Waals surface area contributed by atoms with Crippen LogP contribution in [0.25, 0.3) is 22.0 Å². The molecule has 0 atom stereocenters. The Bertz CT molecular complexity index is 1280. The van der Waals surface area contributed by atoms with E-state index in [1.165, 1.54) is 0 Å². The molecule has 2 aromatic carbocycles. The lowest BCUT2D eigenvalue weighted by molar-refractivity contribution is -0.115. The van der Waals surface area contributed by atoms with E-state index in [-0.39, 0.29) is 11.5 Å². The van der Waals surface area contributed by atoms with Crippen LogP contribution >= 0.6 is 0 Å². The Kier molecular flexibility index (Phi) is 3.76. The van der Waals surface area contributed by atoms with Crippen molar-refractivity contribution in [2.75, 3.05) is 5.32 Å². The molecule has 1 amide bonds. The van der Waals surface area contributed by atoms with Crippen LogP contribution < -0.4 is 10.9 Å². The van der Waals surface area contributed by atoms with Crippen LogP contribution in [0.2, 0.25) is 0 Å². The monoisotopic (exact) mass is 368 g/mol. The third-order valence-electron chi connectivity index (χ3n) is 5.00. The maximum Gasteiger partial charge on any atom is 0.261 e. The highest BCUT2D eigenvalue weighted by Crippen LogP contribution is 2.29. The van der Waals surface area contributed by atoms with Crippen molar-refractivity contribution in [3.63, 3.8) is 0 Å². The summed E-state index contributed by atoms with van der Waals surface area (Å²) in [6.07, 6.45) is 5.18. The van der Waals surface area contributed by atoms with E-state index in [2.05, 4.69) is 15.3 Å². The largest absolute Gasteiger partial charge is 0.326 e. The number of pyridine rings is 1. The molecule has 28 heavy (non-hydrogen) atoms. The van der Waals surface area contributed by atoms with Crippen LogP contribution in [0.15, 0.2) is 72.0 Å². The summed E-state index contributed by atoms with van der Waals surface area (Å²) >= 11 is 0. The first kappa shape index (κ1) is 16.4. The molecule has 3 heterocycles. The van der Waals surface area contributed by atoms with Crippen LogP contribution in [0, 0.1) is 0 Å². The predicted octanol–water partition coefficient (Wildman–Crippen LogP) is 3.00. The lowest BCUT2D eigenvalue weighted by Crippen LogP contribution is -2.21. The van der Waals surface area contributed by atoms with E-state index < -0.39 is 0 Å². The first-order valence-electron chi connectivity index (χ1n) is 8.99. The second-order valence-electron chi connectivity index (χ2n) is 6.86. The molecule has 2 aromatic heterocycles. The topological polar surface area (TPSA) is 76.9 Å². The van der Waals surface area contributed by atoms with Gasteiger partial charge in [-0.25, -0.2) is 4.98 Å². The summed E-state index contributed by atoms with van der Waals surface area (Å²) in [5.74, 6) is 0.0349. The molecule has 0 radical (unpaired) electrons. The van der Waals surface area contributed by atoms with E-state index >= 15 is 0 Å². The standard InChI is InChI=1S/C22H16N4O2/c27-21-10-17-9-16(5-6-19(17)25-21)15-3-1-14(2-4-15)12-26-13-24-20-11-23-8-7-18(20)22(26)28/h1-9,11,13H,10,12H2,(H,25,27). The molecule has 0 aliphatic carbocycles. The number of hydrogen-bond acceptors (Lipinski definition) is 4. The van der Waals surface area contributed by atoms with E-state index in [4.69, 9.17) is 0 Å². The molecular formula is C22H16N4O2. The Morgan fingerprint density at radius 2 is 1.82 bits per heavy atom. The van der Waals surface area contributed by atoms with E-state index in [1.807, 2.05) is 42.5 Å². The number of aromatic nitrogens is 3. The maximum absolute atomic E-state index is 12.6. The number of carbonyl (C=O) groups is 1. The molecule has 0 bridgehead atoms. The van der Waals surface area contributed by atoms with Gasteiger partial charge in [0.25, 0.3) is 5.56 Å². The summed E-state index contributed by atoms with van der Waals surface area (Å²) in [5.41, 5.74) is 5.59. The third-order valence-corrected chi connectivity index (χ3v) is 5.00. The Labute approximate surface area is 160 Å². The average molecular weight is 368 g/mol. The highest BCUT2D eigenvalue weighted by molar-refractivity contribution is 5.99. The van der Waals surface area contributed by atoms with Gasteiger partial charge in [0.15, 0.2) is 0 Å². The molecule has 6 nitrogen and oxygen atoms in total. The number of nitrogens with zero attached hydrogens (tertiary/aromatic N) is 3. The fourth-order valence-electron chi connectivity index (χ4n) is 3.53. The zero-order valence-corrected chi connectivity index (χ0v) is 14.9. The molecule has 6 heteroatoms. The van der Waals surface area contributed by atoms with Crippen molar-refractivity contribution in [2.45, 2.75) is 13.0 Å². The van der Waals surface area contributed by atoms with Gasteiger partial charge in [-0.05, 0) is 40.5 Å². The Morgan fingerprint density at radius 1 is 1.00 bits per heavy atom. The molecule has 0 saturated carbocycles. The summed E-state index contributed by atoms with van der Waals surface area (Å²) in [6.45, 7) is 0.451. The van der Waals surface area contributed by atoms with Crippen molar-refractivity contribution in [2.24, 2.45) is 0 Å². The summed E-state index contributed by atoms with van der Waals surface area (Å²) in [5, 5.41) is 3.41. The van der Waals surface area contributed by atoms with Gasteiger partial charge < -0.3 is 5.32 Å². The van der Waals surface area contributed by atoms with Crippen molar-refractivity contribution < 1.29 is 4.79 Å². The normalized spacial score (nSPS) is 12.8. The minimum Gasteiger partial charge on any atom is -0.326 e. The van der Waals surface area contributed by atoms with Crippen LogP contribution in [0.5, 0.6) is 0 Å². The van der Waals surface area contributed by atoms with Crippen LogP contribution in [0.4, 0.5) is 5.69 Å². The summed E-state index contributed by atoms with van der Waals surface area (Å²) in [4.78, 5) is 32.5. The second-order valence-corrected chi connectivity index (χ2v) is 6.86. The minimum atomic E-state index is -0.0766. The van der Waals surface area contributed by atoms with Gasteiger partial charge in [0, 0.05) is 11.9 Å². The van der Waals surface area contributed by atoms with Gasteiger partial charge in [-0.3, -0.25) is 19.1 Å². The third kappa shape index (κ3) is 2.85. The lowest BCUT2D eigenvalue weighted by atomic mass is 10.0. The number of amides is 1. The number of anilines is 1. The van der Waals surface area contributed by atoms with Crippen molar-refractivity contribution in [3.05, 3.63) is 88.7 Å². The zero-order valence-electron chi connectivity index (χ0n) is 14.9. The summed E-state index contributed by atoms with van der Waals surface area (Å²) < 4.78 is 1.60. The smallest absolute Gasteiger partial charge is 0.261 e. The quantitative estimate of drug-likeness (QED) is 0.603. The molecule has 4 aromatic rings. The molecule has 1 N–H and O–H groups in total. The van der Waals surface area contributed by atoms with Gasteiger partial charge in [-0.1, -0.05) is 30.3 Å². The van der Waals surface area contributed by atoms with E-state index in [0.29, 0.717) is 23.9 Å². The average Bonchev–Trinajstić information content (AvgIpc) is 3.10. The van der Waals surface area contributed by atoms with Crippen LogP contribution in [-0.4, -0.2) is 20.4 Å². The van der Waals surface area contributed by atoms with Crippen molar-refractivity contribution in [1.29, 1.82) is 0 Å². The SMILES string of the molecule is O=C1Cc2cc(-c3ccc(Cn4cnc5cnccc5c4=O)cc3)ccc2N1. The second kappa shape index (κ2) is 6.42. The molecule has 5 rings (SSSR count). The summed E-state index contributed by atoms with van der Waals surface area (Å²) in [6, 6.07) is 15.8. The van der Waals surface area contributed by atoms with Crippen molar-refractivity contribution in [3.8, 4) is 11.1 Å². The molecular weight excluding hydrogens is 352 g/mol. The number of hydrogen-bond donors (Lipinski definition) is 1. The molecule has 1 aliphatic rings. The fourth-order valence-corrected chi connectivity index (χ4v) is 3.53. The lowest BCUT2D eigenvalue weighted by Gasteiger charge is -2.09. The van der Waals surface area contributed by atoms with Gasteiger partial charge in [0.1, 0.15) is 0 Å². The molecule has 0 unspecified atom stereocenters. The number of nitrogens with one attached hydrogen (secondary N) is 1. The van der Waals surface area contributed by atoms with Crippen LogP contribution in [0.3, 0.4) is 0 Å². The van der Waals surface area contributed by atoms with E-state index in [1.54, 1.807) is 29.4 Å². The van der Waals surface area contributed by atoms with Gasteiger partial charge >= 0.3 is 0 Å². The molecule has 1 aliphatic heterocycles. The fraction of sp³-hybridized carbons (Fsp3) is 0.0909. The maximum atomic E-state index is 12.6.